The highest BCUT2D eigenvalue weighted by molar-refractivity contribution is 6.56. The summed E-state index contributed by atoms with van der Waals surface area (Å²) in [6, 6.07) is 0. The number of hydrogen-bond acceptors (Lipinski definition) is 1. The van der Waals surface area contributed by atoms with Gasteiger partial charge in [-0.3, -0.25) is 0 Å². The van der Waals surface area contributed by atoms with Crippen LogP contribution in [-0.2, 0) is 0 Å². The molecule has 6 heavy (non-hydrogen) atoms. The third-order valence-corrected chi connectivity index (χ3v) is 0.257. The number of carbonyl (C=O) groups is 1. The second-order valence-electron chi connectivity index (χ2n) is 0.509. The second-order valence-corrected chi connectivity index (χ2v) is 0.704. The molecule has 34 valence electrons. The van der Waals surface area contributed by atoms with Gasteiger partial charge >= 0.3 is 6.09 Å². The Labute approximate surface area is 39.3 Å². The Bertz CT molecular complexity index is 79.6. The molecule has 0 aromatic heterocycles. The number of aliphatic imine (C=N–C) groups is 1. The van der Waals surface area contributed by atoms with Gasteiger partial charge in [0.15, 0.2) is 0 Å². The fourth-order valence-electron chi connectivity index (χ4n) is 0.0417. The van der Waals surface area contributed by atoms with Gasteiger partial charge < -0.3 is 5.11 Å². The van der Waals surface area contributed by atoms with Crippen molar-refractivity contribution in [3.8, 4) is 0 Å². The van der Waals surface area contributed by atoms with E-state index in [2.05, 4.69) is 4.99 Å². The van der Waals surface area contributed by atoms with E-state index in [1.807, 2.05) is 0 Å². The van der Waals surface area contributed by atoms with Crippen LogP contribution in [0.2, 0.25) is 0 Å². The molecule has 0 unspecified atom stereocenters. The van der Waals surface area contributed by atoms with Crippen LogP contribution in [0.5, 0.6) is 0 Å². The first-order valence-corrected chi connectivity index (χ1v) is 1.56. The van der Waals surface area contributed by atoms with E-state index >= 15 is 0 Å². The summed E-state index contributed by atoms with van der Waals surface area (Å²) < 4.78 is 0. The molecule has 0 aromatic carbocycles. The van der Waals surface area contributed by atoms with E-state index in [0.717, 1.165) is 0 Å². The Hall–Kier alpha value is -0.570. The summed E-state index contributed by atoms with van der Waals surface area (Å²) >= 11 is 4.72. The highest BCUT2D eigenvalue weighted by Gasteiger charge is 1.79. The van der Waals surface area contributed by atoms with Gasteiger partial charge in [-0.05, 0) is 0 Å². The maximum atomic E-state index is 9.32. The molecule has 0 bridgehead atoms. The Kier molecular flexibility index (Phi) is 2.40. The zero-order valence-electron chi connectivity index (χ0n) is 2.76. The molecule has 0 aliphatic carbocycles. The van der Waals surface area contributed by atoms with Gasteiger partial charge in [0.2, 0.25) is 0 Å². The first-order valence-electron chi connectivity index (χ1n) is 1.13. The molecule has 0 saturated heterocycles. The van der Waals surface area contributed by atoms with E-state index in [-0.39, 0.29) is 0 Å². The van der Waals surface area contributed by atoms with Gasteiger partial charge in [-0.1, -0.05) is 11.6 Å². The van der Waals surface area contributed by atoms with Gasteiger partial charge in [-0.15, -0.1) is 0 Å². The summed E-state index contributed by atoms with van der Waals surface area (Å²) in [6.45, 7) is 0. The molecular formula is C2H2ClNO2. The number of nitrogens with zero attached hydrogens (tertiary/aromatic N) is 1. The lowest BCUT2D eigenvalue weighted by Gasteiger charge is -1.67. The van der Waals surface area contributed by atoms with Gasteiger partial charge in [0.05, 0.1) is 0 Å². The standard InChI is InChI=1S/C2H2ClNO2/c3-1-4-2(5)6/h1H,(H,5,6). The molecule has 0 aromatic rings. The zero-order chi connectivity index (χ0) is 4.99. The maximum absolute atomic E-state index is 9.32. The lowest BCUT2D eigenvalue weighted by atomic mass is 11.2. The summed E-state index contributed by atoms with van der Waals surface area (Å²) in [4.78, 5) is 12.0. The summed E-state index contributed by atoms with van der Waals surface area (Å²) in [6.07, 6.45) is -1.27. The van der Waals surface area contributed by atoms with Gasteiger partial charge in [-0.2, -0.15) is 4.99 Å². The third-order valence-electron chi connectivity index (χ3n) is 0.159. The predicted octanol–water partition coefficient (Wildman–Crippen LogP) is 0.931. The van der Waals surface area contributed by atoms with Crippen LogP contribution in [0.4, 0.5) is 4.79 Å². The van der Waals surface area contributed by atoms with Crippen LogP contribution in [-0.4, -0.2) is 16.9 Å². The van der Waals surface area contributed by atoms with Crippen molar-refractivity contribution >= 4 is 23.4 Å². The summed E-state index contributed by atoms with van der Waals surface area (Å²) in [7, 11) is 0. The molecule has 4 heteroatoms. The molecule has 0 aliphatic heterocycles. The van der Waals surface area contributed by atoms with Gasteiger partial charge in [-0.25, -0.2) is 4.79 Å². The molecule has 0 heterocycles. The number of amides is 1. The molecule has 0 atom stereocenters. The van der Waals surface area contributed by atoms with Crippen molar-refractivity contribution in [3.05, 3.63) is 0 Å². The number of hydrogen-bond donors (Lipinski definition) is 1. The Balaban J connectivity index is 3.30. The van der Waals surface area contributed by atoms with Crippen molar-refractivity contribution in [2.45, 2.75) is 0 Å². The normalized spacial score (nSPS) is 9.50. The molecule has 0 spiro atoms. The van der Waals surface area contributed by atoms with E-state index in [1.54, 1.807) is 0 Å². The van der Waals surface area contributed by atoms with Crippen molar-refractivity contribution in [2.24, 2.45) is 4.99 Å². The monoisotopic (exact) mass is 107 g/mol. The summed E-state index contributed by atoms with van der Waals surface area (Å²) in [5.41, 5.74) is 0.697. The lowest BCUT2D eigenvalue weighted by Crippen LogP contribution is -1.80. The number of halogens is 1. The Morgan fingerprint density at radius 1 is 2.00 bits per heavy atom. The van der Waals surface area contributed by atoms with Crippen LogP contribution >= 0.6 is 11.6 Å². The third kappa shape index (κ3) is 3.43. The minimum Gasteiger partial charge on any atom is -0.463 e. The molecule has 0 rings (SSSR count). The van der Waals surface area contributed by atoms with Crippen molar-refractivity contribution in [1.82, 2.24) is 0 Å². The van der Waals surface area contributed by atoms with Gasteiger partial charge in [0.1, 0.15) is 5.67 Å². The fraction of sp³-hybridized carbons (Fsp3) is 0. The average Bonchev–Trinajstić information content (AvgIpc) is 1.35. The molecule has 0 radical (unpaired) electrons. The Morgan fingerprint density at radius 3 is 2.50 bits per heavy atom. The first kappa shape index (κ1) is 5.43. The smallest absolute Gasteiger partial charge is 0.431 e. The number of rotatable bonds is 0. The molecule has 0 aliphatic rings. The Morgan fingerprint density at radius 2 is 2.50 bits per heavy atom. The highest BCUT2D eigenvalue weighted by atomic mass is 35.5. The molecule has 1 N–H and O–H groups in total. The minimum absolute atomic E-state index is 0.697. The van der Waals surface area contributed by atoms with Crippen molar-refractivity contribution in [1.29, 1.82) is 0 Å². The predicted molar refractivity (Wildman–Crippen MR) is 22.4 cm³/mol. The quantitative estimate of drug-likeness (QED) is 0.468. The second kappa shape index (κ2) is 2.66. The van der Waals surface area contributed by atoms with Crippen LogP contribution in [0.25, 0.3) is 0 Å². The van der Waals surface area contributed by atoms with E-state index in [9.17, 15) is 4.79 Å². The summed E-state index contributed by atoms with van der Waals surface area (Å²) in [5, 5.41) is 7.63. The fourth-order valence-corrected chi connectivity index (χ4v) is 0.125. The average molecular weight is 107 g/mol. The van der Waals surface area contributed by atoms with E-state index in [4.69, 9.17) is 16.7 Å². The van der Waals surface area contributed by atoms with E-state index < -0.39 is 6.09 Å². The van der Waals surface area contributed by atoms with Gasteiger partial charge in [0.25, 0.3) is 0 Å². The molecule has 3 nitrogen and oxygen atoms in total. The minimum atomic E-state index is -1.27. The van der Waals surface area contributed by atoms with Crippen molar-refractivity contribution < 1.29 is 9.90 Å². The zero-order valence-corrected chi connectivity index (χ0v) is 3.51. The van der Waals surface area contributed by atoms with Crippen LogP contribution in [0.3, 0.4) is 0 Å². The first-order chi connectivity index (χ1) is 2.77. The highest BCUT2D eigenvalue weighted by Crippen LogP contribution is 1.68. The van der Waals surface area contributed by atoms with Crippen LogP contribution in [0.1, 0.15) is 0 Å². The lowest BCUT2D eigenvalue weighted by molar-refractivity contribution is 0.206. The number of carboxylic acid groups (broad SMARTS) is 1. The van der Waals surface area contributed by atoms with E-state index in [1.165, 1.54) is 0 Å². The van der Waals surface area contributed by atoms with Crippen LogP contribution < -0.4 is 0 Å². The topological polar surface area (TPSA) is 49.7 Å². The molecule has 0 fully saturated rings. The van der Waals surface area contributed by atoms with E-state index in [0.29, 0.717) is 5.67 Å². The molecule has 1 amide bonds. The van der Waals surface area contributed by atoms with Gasteiger partial charge in [0, 0.05) is 0 Å². The van der Waals surface area contributed by atoms with Crippen molar-refractivity contribution in [2.75, 3.05) is 0 Å². The largest absolute Gasteiger partial charge is 0.463 e. The van der Waals surface area contributed by atoms with Crippen LogP contribution in [0.15, 0.2) is 4.99 Å². The van der Waals surface area contributed by atoms with Crippen molar-refractivity contribution in [3.63, 3.8) is 0 Å². The molecular weight excluding hydrogens is 105 g/mol. The summed E-state index contributed by atoms with van der Waals surface area (Å²) in [5.74, 6) is 0. The van der Waals surface area contributed by atoms with Crippen LogP contribution in [0, 0.1) is 0 Å². The maximum Gasteiger partial charge on any atom is 0.431 e. The SMILES string of the molecule is O=C(O)N=CCl. The molecule has 0 saturated carbocycles.